The van der Waals surface area contributed by atoms with Crippen LogP contribution in [0.4, 0.5) is 0 Å². The zero-order chi connectivity index (χ0) is 24.4. The summed E-state index contributed by atoms with van der Waals surface area (Å²) in [6, 6.07) is 35.4. The Morgan fingerprint density at radius 2 is 1.20 bits per heavy atom. The van der Waals surface area contributed by atoms with Crippen molar-refractivity contribution in [3.63, 3.8) is 0 Å². The molecule has 0 saturated carbocycles. The van der Waals surface area contributed by atoms with Gasteiger partial charge < -0.3 is 0 Å². The molecule has 35 heavy (non-hydrogen) atoms. The van der Waals surface area contributed by atoms with Crippen LogP contribution >= 0.6 is 17.2 Å². The number of halogens is 1. The number of hydrogen-bond acceptors (Lipinski definition) is 2. The van der Waals surface area contributed by atoms with E-state index in [0.717, 1.165) is 31.8 Å². The molecule has 0 saturated heterocycles. The van der Waals surface area contributed by atoms with Crippen LogP contribution in [0, 0.1) is 0 Å². The Balaban J connectivity index is 1.48. The van der Waals surface area contributed by atoms with Crippen molar-refractivity contribution < 1.29 is 4.79 Å². The summed E-state index contributed by atoms with van der Waals surface area (Å²) in [4.78, 5) is 16.2. The quantitative estimate of drug-likeness (QED) is 0.200. The molecule has 3 aromatic carbocycles. The van der Waals surface area contributed by atoms with E-state index in [0.29, 0.717) is 12.1 Å². The molecular weight excluding hydrogens is 471 g/mol. The summed E-state index contributed by atoms with van der Waals surface area (Å²) < 4.78 is 0. The second kappa shape index (κ2) is 11.6. The van der Waals surface area contributed by atoms with E-state index in [-0.39, 0.29) is 5.91 Å². The summed E-state index contributed by atoms with van der Waals surface area (Å²) in [5, 5.41) is 6.62. The Morgan fingerprint density at radius 3 is 1.69 bits per heavy atom. The average molecular weight is 503 g/mol. The van der Waals surface area contributed by atoms with Crippen molar-refractivity contribution in [3.8, 4) is 0 Å². The molecule has 0 bridgehead atoms. The molecule has 1 N–H and O–H groups in total. The normalized spacial score (nSPS) is 12.4. The Morgan fingerprint density at radius 1 is 0.686 bits per heavy atom. The van der Waals surface area contributed by atoms with Crippen molar-refractivity contribution in [2.75, 3.05) is 12.7 Å². The van der Waals surface area contributed by atoms with Crippen LogP contribution in [0.25, 0.3) is 0 Å². The molecular formula is C30H32ClN2OP. The summed E-state index contributed by atoms with van der Waals surface area (Å²) in [6.45, 7) is 0.661. The number of hydrogen-bond donors (Lipinski definition) is 1. The average Bonchev–Trinajstić information content (AvgIpc) is 2.94. The molecule has 3 nitrogen and oxygen atoms in total. The van der Waals surface area contributed by atoms with Gasteiger partial charge in [-0.1, -0.05) is 0 Å². The van der Waals surface area contributed by atoms with E-state index in [9.17, 15) is 4.79 Å². The van der Waals surface area contributed by atoms with Crippen molar-refractivity contribution in [2.45, 2.75) is 25.7 Å². The van der Waals surface area contributed by atoms with Crippen molar-refractivity contribution in [1.82, 2.24) is 10.3 Å². The number of amides is 1. The number of aromatic nitrogens is 1. The van der Waals surface area contributed by atoms with Gasteiger partial charge in [-0.3, -0.25) is 0 Å². The predicted octanol–water partition coefficient (Wildman–Crippen LogP) is 6.06. The van der Waals surface area contributed by atoms with Gasteiger partial charge in [0.2, 0.25) is 0 Å². The van der Waals surface area contributed by atoms with Gasteiger partial charge in [0.05, 0.1) is 0 Å². The molecule has 5 heteroatoms. The van der Waals surface area contributed by atoms with Gasteiger partial charge in [-0.2, -0.15) is 0 Å². The van der Waals surface area contributed by atoms with Gasteiger partial charge in [-0.05, 0) is 0 Å². The number of carbonyl (C=O) groups is 1. The van der Waals surface area contributed by atoms with E-state index < -0.39 is 5.96 Å². The van der Waals surface area contributed by atoms with Gasteiger partial charge in [0.25, 0.3) is 0 Å². The maximum absolute atomic E-state index is 12.2. The molecule has 4 rings (SSSR count). The van der Waals surface area contributed by atoms with Crippen LogP contribution in [-0.4, -0.2) is 23.6 Å². The number of nitrogens with one attached hydrogen (secondary N) is 1. The molecule has 1 amide bonds. The van der Waals surface area contributed by atoms with E-state index in [4.69, 9.17) is 11.2 Å². The van der Waals surface area contributed by atoms with E-state index >= 15 is 0 Å². The molecule has 0 aliphatic rings. The van der Waals surface area contributed by atoms with Gasteiger partial charge in [-0.25, -0.2) is 0 Å². The molecule has 0 spiro atoms. The minimum absolute atomic E-state index is 0.0685. The second-order valence-electron chi connectivity index (χ2n) is 8.82. The maximum atomic E-state index is 12.2. The summed E-state index contributed by atoms with van der Waals surface area (Å²) in [5.74, 6) is -3.24. The predicted molar refractivity (Wildman–Crippen MR) is 151 cm³/mol. The topological polar surface area (TPSA) is 42.0 Å². The fourth-order valence-corrected chi connectivity index (χ4v) is 11.0. The van der Waals surface area contributed by atoms with Crippen LogP contribution in [0.15, 0.2) is 116 Å². The Labute approximate surface area is 213 Å². The first-order valence-electron chi connectivity index (χ1n) is 12.2. The first-order valence-corrected chi connectivity index (χ1v) is 15.5. The van der Waals surface area contributed by atoms with Crippen LogP contribution in [-0.2, 0) is 0 Å². The number of benzene rings is 3. The van der Waals surface area contributed by atoms with E-state index in [1.54, 1.807) is 24.5 Å². The molecule has 0 radical (unpaired) electrons. The zero-order valence-electron chi connectivity index (χ0n) is 19.9. The first-order chi connectivity index (χ1) is 17.1. The minimum atomic E-state index is -3.17. The monoisotopic (exact) mass is 502 g/mol. The van der Waals surface area contributed by atoms with Crippen molar-refractivity contribution in [2.24, 2.45) is 0 Å². The van der Waals surface area contributed by atoms with E-state index in [1.807, 2.05) is 0 Å². The van der Waals surface area contributed by atoms with E-state index in [1.165, 1.54) is 15.9 Å². The summed E-state index contributed by atoms with van der Waals surface area (Å²) in [6.07, 6.45) is 8.20. The molecule has 0 aliphatic carbocycles. The van der Waals surface area contributed by atoms with Gasteiger partial charge in [0.15, 0.2) is 0 Å². The number of rotatable bonds is 11. The van der Waals surface area contributed by atoms with Crippen molar-refractivity contribution >= 4 is 39.0 Å². The molecule has 4 aromatic rings. The standard InChI is InChI=1S/C30H32ClN2OP/c31-35(27-16-6-3-7-17-27,28-18-8-4-9-19-28,29-20-10-5-11-21-29)24-13-2-1-12-23-33-30(34)26-15-14-22-32-25-26/h3-11,14-22,25H,1-2,12-13,23-24H2,(H,33,34). The van der Waals surface area contributed by atoms with Gasteiger partial charge in [0.1, 0.15) is 0 Å². The Bertz CT molecular complexity index is 1100. The van der Waals surface area contributed by atoms with Gasteiger partial charge in [-0.15, -0.1) is 0 Å². The van der Waals surface area contributed by atoms with Crippen LogP contribution in [0.1, 0.15) is 36.0 Å². The van der Waals surface area contributed by atoms with Gasteiger partial charge in [0, 0.05) is 0 Å². The Kier molecular flexibility index (Phi) is 8.33. The van der Waals surface area contributed by atoms with Crippen molar-refractivity contribution in [1.29, 1.82) is 0 Å². The summed E-state index contributed by atoms with van der Waals surface area (Å²) in [5.41, 5.74) is 0.598. The fourth-order valence-electron chi connectivity index (χ4n) is 4.74. The first kappa shape index (κ1) is 25.1. The third-order valence-corrected chi connectivity index (χ3v) is 14.1. The van der Waals surface area contributed by atoms with Crippen LogP contribution in [0.5, 0.6) is 0 Å². The number of nitrogens with zero attached hydrogens (tertiary/aromatic N) is 1. The summed E-state index contributed by atoms with van der Waals surface area (Å²) >= 11 is 8.09. The molecule has 180 valence electrons. The molecule has 1 heterocycles. The molecule has 0 aliphatic heterocycles. The van der Waals surface area contributed by atoms with Crippen LogP contribution < -0.4 is 21.2 Å². The van der Waals surface area contributed by atoms with Gasteiger partial charge >= 0.3 is 214 Å². The third kappa shape index (κ3) is 5.48. The zero-order valence-corrected chi connectivity index (χ0v) is 21.5. The number of carbonyl (C=O) groups excluding carboxylic acids is 1. The molecule has 0 unspecified atom stereocenters. The fraction of sp³-hybridized carbons (Fsp3) is 0.200. The molecule has 1 aromatic heterocycles. The van der Waals surface area contributed by atoms with Crippen molar-refractivity contribution in [3.05, 3.63) is 121 Å². The van der Waals surface area contributed by atoms with Crippen LogP contribution in [0.3, 0.4) is 0 Å². The molecule has 0 fully saturated rings. The van der Waals surface area contributed by atoms with Crippen LogP contribution in [0.2, 0.25) is 0 Å². The summed E-state index contributed by atoms with van der Waals surface area (Å²) in [7, 11) is 0. The number of pyridine rings is 1. The van der Waals surface area contributed by atoms with E-state index in [2.05, 4.69) is 101 Å². The third-order valence-electron chi connectivity index (χ3n) is 6.60. The molecule has 0 atom stereocenters. The second-order valence-corrected chi connectivity index (χ2v) is 15.4. The Hall–Kier alpha value is -3.00. The number of unbranched alkanes of at least 4 members (excludes halogenated alkanes) is 3. The SMILES string of the molecule is O=C(NCCCCCCP(Cl)(c1ccccc1)(c1ccccc1)c1ccccc1)c1cccnc1.